The molecule has 0 saturated carbocycles. The topological polar surface area (TPSA) is 146 Å². The van der Waals surface area contributed by atoms with Gasteiger partial charge in [0.25, 0.3) is 5.91 Å². The van der Waals surface area contributed by atoms with Gasteiger partial charge in [0, 0.05) is 12.5 Å². The first-order valence-electron chi connectivity index (χ1n) is 8.33. The fourth-order valence-electron chi connectivity index (χ4n) is 2.06. The molecular formula is C16H20N2O9S. The SMILES string of the molecule is CCOC(=O)NC(=O)COC(=O)CNS(=O)(=O)c1ccc2c(c1)OCCCO2. The smallest absolute Gasteiger partial charge is 0.413 e. The van der Waals surface area contributed by atoms with Gasteiger partial charge in [-0.25, -0.2) is 13.2 Å². The van der Waals surface area contributed by atoms with Gasteiger partial charge in [-0.2, -0.15) is 4.72 Å². The first-order valence-corrected chi connectivity index (χ1v) is 9.81. The minimum atomic E-state index is -4.03. The van der Waals surface area contributed by atoms with Crippen molar-refractivity contribution in [3.8, 4) is 11.5 Å². The number of ether oxygens (including phenoxy) is 4. The molecule has 2 rings (SSSR count). The quantitative estimate of drug-likeness (QED) is 0.584. The monoisotopic (exact) mass is 416 g/mol. The predicted octanol–water partition coefficient (Wildman–Crippen LogP) is -0.0579. The van der Waals surface area contributed by atoms with Crippen LogP contribution in [0.4, 0.5) is 4.79 Å². The number of amides is 2. The third-order valence-corrected chi connectivity index (χ3v) is 4.72. The highest BCUT2D eigenvalue weighted by atomic mass is 32.2. The summed E-state index contributed by atoms with van der Waals surface area (Å²) in [5, 5.41) is 1.83. The average molecular weight is 416 g/mol. The second kappa shape index (κ2) is 9.90. The van der Waals surface area contributed by atoms with Gasteiger partial charge >= 0.3 is 12.1 Å². The zero-order chi connectivity index (χ0) is 20.6. The second-order valence-electron chi connectivity index (χ2n) is 5.41. The molecule has 1 aliphatic rings. The van der Waals surface area contributed by atoms with E-state index in [1.807, 2.05) is 5.32 Å². The maximum absolute atomic E-state index is 12.3. The van der Waals surface area contributed by atoms with E-state index in [4.69, 9.17) is 9.47 Å². The summed E-state index contributed by atoms with van der Waals surface area (Å²) in [5.74, 6) is -1.18. The molecule has 0 radical (unpaired) electrons. The first kappa shape index (κ1) is 21.4. The Hall–Kier alpha value is -2.86. The van der Waals surface area contributed by atoms with E-state index in [-0.39, 0.29) is 11.5 Å². The third-order valence-electron chi connectivity index (χ3n) is 3.32. The molecular weight excluding hydrogens is 396 g/mol. The molecule has 0 aromatic heterocycles. The van der Waals surface area contributed by atoms with Crippen molar-refractivity contribution < 1.29 is 41.7 Å². The van der Waals surface area contributed by atoms with Crippen LogP contribution in [0.5, 0.6) is 11.5 Å². The van der Waals surface area contributed by atoms with Gasteiger partial charge in [0.05, 0.1) is 24.7 Å². The fraction of sp³-hybridized carbons (Fsp3) is 0.438. The number of carbonyl (C=O) groups is 3. The van der Waals surface area contributed by atoms with Crippen LogP contribution in [0.25, 0.3) is 0 Å². The number of rotatable bonds is 7. The molecule has 1 aromatic rings. The van der Waals surface area contributed by atoms with Crippen molar-refractivity contribution in [3.05, 3.63) is 18.2 Å². The van der Waals surface area contributed by atoms with E-state index in [1.54, 1.807) is 6.92 Å². The number of hydrogen-bond donors (Lipinski definition) is 2. The second-order valence-corrected chi connectivity index (χ2v) is 7.18. The van der Waals surface area contributed by atoms with E-state index in [0.29, 0.717) is 31.1 Å². The minimum Gasteiger partial charge on any atom is -0.490 e. The van der Waals surface area contributed by atoms with Crippen molar-refractivity contribution in [2.75, 3.05) is 33.0 Å². The zero-order valence-corrected chi connectivity index (χ0v) is 15.9. The number of nitrogens with one attached hydrogen (secondary N) is 2. The summed E-state index contributed by atoms with van der Waals surface area (Å²) in [6.45, 7) is 1.02. The molecule has 2 N–H and O–H groups in total. The van der Waals surface area contributed by atoms with E-state index in [1.165, 1.54) is 18.2 Å². The van der Waals surface area contributed by atoms with Crippen molar-refractivity contribution in [2.45, 2.75) is 18.2 Å². The summed E-state index contributed by atoms with van der Waals surface area (Å²) in [6, 6.07) is 4.07. The molecule has 0 unspecified atom stereocenters. The summed E-state index contributed by atoms with van der Waals surface area (Å²) < 4.78 is 46.6. The Morgan fingerprint density at radius 1 is 1.11 bits per heavy atom. The highest BCUT2D eigenvalue weighted by Crippen LogP contribution is 2.31. The zero-order valence-electron chi connectivity index (χ0n) is 15.1. The van der Waals surface area contributed by atoms with Crippen LogP contribution in [-0.4, -0.2) is 59.4 Å². The van der Waals surface area contributed by atoms with Crippen LogP contribution in [0.2, 0.25) is 0 Å². The van der Waals surface area contributed by atoms with Crippen molar-refractivity contribution in [3.63, 3.8) is 0 Å². The van der Waals surface area contributed by atoms with Crippen molar-refractivity contribution in [2.24, 2.45) is 0 Å². The molecule has 2 amide bonds. The van der Waals surface area contributed by atoms with Gasteiger partial charge in [0.2, 0.25) is 10.0 Å². The Morgan fingerprint density at radius 3 is 2.54 bits per heavy atom. The van der Waals surface area contributed by atoms with Crippen molar-refractivity contribution in [1.29, 1.82) is 0 Å². The minimum absolute atomic E-state index is 0.0700. The number of imide groups is 1. The third kappa shape index (κ3) is 6.39. The number of alkyl carbamates (subject to hydrolysis) is 1. The summed E-state index contributed by atoms with van der Waals surface area (Å²) >= 11 is 0. The molecule has 11 nitrogen and oxygen atoms in total. The lowest BCUT2D eigenvalue weighted by Crippen LogP contribution is -2.36. The molecule has 0 bridgehead atoms. The average Bonchev–Trinajstić information content (AvgIpc) is 2.89. The van der Waals surface area contributed by atoms with Gasteiger partial charge in [-0.05, 0) is 19.1 Å². The normalized spacial score (nSPS) is 13.2. The molecule has 12 heteroatoms. The predicted molar refractivity (Wildman–Crippen MR) is 93.4 cm³/mol. The van der Waals surface area contributed by atoms with Crippen molar-refractivity contribution >= 4 is 28.0 Å². The molecule has 0 atom stereocenters. The van der Waals surface area contributed by atoms with Gasteiger partial charge < -0.3 is 18.9 Å². The largest absolute Gasteiger partial charge is 0.490 e. The standard InChI is InChI=1S/C16H20N2O9S/c1-2-24-16(21)18-14(19)10-27-15(20)9-17-28(22,23)11-4-5-12-13(8-11)26-7-3-6-25-12/h4-5,8,17H,2-3,6-7,9-10H2,1H3,(H,18,19,21). The maximum atomic E-state index is 12.3. The molecule has 1 aromatic carbocycles. The van der Waals surface area contributed by atoms with Gasteiger partial charge in [0.1, 0.15) is 6.54 Å². The van der Waals surface area contributed by atoms with Gasteiger partial charge in [-0.1, -0.05) is 0 Å². The Balaban J connectivity index is 1.85. The Morgan fingerprint density at radius 2 is 1.82 bits per heavy atom. The van der Waals surface area contributed by atoms with Crippen molar-refractivity contribution in [1.82, 2.24) is 10.0 Å². The van der Waals surface area contributed by atoms with Crippen LogP contribution < -0.4 is 19.5 Å². The summed E-state index contributed by atoms with van der Waals surface area (Å²) in [4.78, 5) is 33.9. The van der Waals surface area contributed by atoms with E-state index < -0.39 is 41.1 Å². The number of carbonyl (C=O) groups excluding carboxylic acids is 3. The molecule has 28 heavy (non-hydrogen) atoms. The summed E-state index contributed by atoms with van der Waals surface area (Å²) in [7, 11) is -4.03. The molecule has 1 aliphatic heterocycles. The van der Waals surface area contributed by atoms with Crippen LogP contribution >= 0.6 is 0 Å². The lowest BCUT2D eigenvalue weighted by molar-refractivity contribution is -0.147. The van der Waals surface area contributed by atoms with E-state index in [2.05, 4.69) is 14.2 Å². The number of sulfonamides is 1. The number of fused-ring (bicyclic) bond motifs is 1. The van der Waals surface area contributed by atoms with Crippen LogP contribution in [-0.2, 0) is 29.1 Å². The number of benzene rings is 1. The lowest BCUT2D eigenvalue weighted by Gasteiger charge is -2.11. The molecule has 0 spiro atoms. The molecule has 154 valence electrons. The molecule has 0 aliphatic carbocycles. The maximum Gasteiger partial charge on any atom is 0.413 e. The highest BCUT2D eigenvalue weighted by Gasteiger charge is 2.20. The van der Waals surface area contributed by atoms with Gasteiger partial charge in [0.15, 0.2) is 18.1 Å². The number of hydrogen-bond acceptors (Lipinski definition) is 9. The highest BCUT2D eigenvalue weighted by molar-refractivity contribution is 7.89. The van der Waals surface area contributed by atoms with Crippen LogP contribution in [0.1, 0.15) is 13.3 Å². The molecule has 1 heterocycles. The van der Waals surface area contributed by atoms with Crippen LogP contribution in [0.15, 0.2) is 23.1 Å². The van der Waals surface area contributed by atoms with E-state index >= 15 is 0 Å². The summed E-state index contributed by atoms with van der Waals surface area (Å²) in [5.41, 5.74) is 0. The van der Waals surface area contributed by atoms with E-state index in [9.17, 15) is 22.8 Å². The van der Waals surface area contributed by atoms with Gasteiger partial charge in [-0.3, -0.25) is 14.9 Å². The first-order chi connectivity index (χ1) is 13.3. The van der Waals surface area contributed by atoms with Gasteiger partial charge in [-0.15, -0.1) is 0 Å². The van der Waals surface area contributed by atoms with E-state index in [0.717, 1.165) is 0 Å². The Bertz CT molecular complexity index is 839. The number of esters is 1. The van der Waals surface area contributed by atoms with Crippen LogP contribution in [0.3, 0.4) is 0 Å². The Kier molecular flexibility index (Phi) is 7.58. The lowest BCUT2D eigenvalue weighted by atomic mass is 10.3. The summed E-state index contributed by atoms with van der Waals surface area (Å²) in [6.07, 6.45) is -0.302. The van der Waals surface area contributed by atoms with Crippen LogP contribution in [0, 0.1) is 0 Å². The molecule has 0 saturated heterocycles. The molecule has 0 fully saturated rings. The fourth-order valence-corrected chi connectivity index (χ4v) is 3.05. The Labute approximate surface area is 161 Å².